The van der Waals surface area contributed by atoms with Crippen molar-refractivity contribution in [3.05, 3.63) is 6.07 Å². The van der Waals surface area contributed by atoms with Gasteiger partial charge in [0.25, 0.3) is 0 Å². The molecule has 1 aromatic heterocycles. The maximum atomic E-state index is 11.2. The van der Waals surface area contributed by atoms with E-state index < -0.39 is 10.8 Å². The number of nitrogens with one attached hydrogen (secondary N) is 1. The molecule has 6 nitrogen and oxygen atoms in total. The van der Waals surface area contributed by atoms with Gasteiger partial charge in [-0.15, -0.1) is 0 Å². The average molecular weight is 256 g/mol. The van der Waals surface area contributed by atoms with Crippen LogP contribution in [0, 0.1) is 0 Å². The predicted molar refractivity (Wildman–Crippen MR) is 67.5 cm³/mol. The Morgan fingerprint density at radius 1 is 1.47 bits per heavy atom. The number of methoxy groups -OCH3 is 1. The molecule has 0 bridgehead atoms. The van der Waals surface area contributed by atoms with Crippen LogP contribution in [-0.2, 0) is 10.8 Å². The monoisotopic (exact) mass is 256 g/mol. The van der Waals surface area contributed by atoms with E-state index in [0.717, 1.165) is 24.3 Å². The summed E-state index contributed by atoms with van der Waals surface area (Å²) in [6.45, 7) is 0. The topological polar surface area (TPSA) is 90.1 Å². The Morgan fingerprint density at radius 2 is 2.18 bits per heavy atom. The lowest BCUT2D eigenvalue weighted by Crippen LogP contribution is -2.29. The minimum atomic E-state index is -0.651. The minimum absolute atomic E-state index is 0.186. The molecule has 0 amide bonds. The van der Waals surface area contributed by atoms with Gasteiger partial charge in [-0.2, -0.15) is 9.97 Å². The summed E-state index contributed by atoms with van der Waals surface area (Å²) in [5.41, 5.74) is 5.57. The van der Waals surface area contributed by atoms with Crippen LogP contribution in [0.3, 0.4) is 0 Å². The number of hydrogen-bond donors (Lipinski definition) is 2. The third-order valence-electron chi connectivity index (χ3n) is 2.67. The predicted octanol–water partition coefficient (Wildman–Crippen LogP) is 0.390. The van der Waals surface area contributed by atoms with Crippen LogP contribution in [0.4, 0.5) is 11.8 Å². The highest BCUT2D eigenvalue weighted by Gasteiger charge is 2.18. The summed E-state index contributed by atoms with van der Waals surface area (Å²) in [5.74, 6) is 2.78. The summed E-state index contributed by atoms with van der Waals surface area (Å²) in [4.78, 5) is 8.01. The normalized spacial score (nSPS) is 24.3. The zero-order chi connectivity index (χ0) is 12.3. The molecule has 1 saturated heterocycles. The Hall–Kier alpha value is -1.37. The molecular formula is C10H16N4O2S. The molecule has 0 saturated carbocycles. The molecule has 2 heterocycles. The van der Waals surface area contributed by atoms with Gasteiger partial charge in [0.05, 0.1) is 7.11 Å². The van der Waals surface area contributed by atoms with E-state index in [9.17, 15) is 4.21 Å². The summed E-state index contributed by atoms with van der Waals surface area (Å²) in [6.07, 6.45) is 1.78. The highest BCUT2D eigenvalue weighted by atomic mass is 32.2. The van der Waals surface area contributed by atoms with E-state index in [1.807, 2.05) is 0 Å². The van der Waals surface area contributed by atoms with Crippen molar-refractivity contribution < 1.29 is 8.95 Å². The highest BCUT2D eigenvalue weighted by Crippen LogP contribution is 2.18. The van der Waals surface area contributed by atoms with Crippen LogP contribution in [-0.4, -0.2) is 38.8 Å². The van der Waals surface area contributed by atoms with Crippen LogP contribution < -0.4 is 15.8 Å². The fourth-order valence-corrected chi connectivity index (χ4v) is 3.07. The third kappa shape index (κ3) is 3.29. The SMILES string of the molecule is COc1cc(NC2CCS(=O)CC2)nc(N)n1. The number of hydrogen-bond acceptors (Lipinski definition) is 6. The van der Waals surface area contributed by atoms with Gasteiger partial charge in [0, 0.05) is 34.4 Å². The van der Waals surface area contributed by atoms with Crippen molar-refractivity contribution in [2.45, 2.75) is 18.9 Å². The molecule has 0 unspecified atom stereocenters. The Balaban J connectivity index is 2.02. The van der Waals surface area contributed by atoms with Crippen molar-refractivity contribution in [2.24, 2.45) is 0 Å². The van der Waals surface area contributed by atoms with Crippen molar-refractivity contribution >= 4 is 22.6 Å². The molecule has 1 aliphatic rings. The Labute approximate surface area is 102 Å². The van der Waals surface area contributed by atoms with E-state index >= 15 is 0 Å². The lowest BCUT2D eigenvalue weighted by atomic mass is 10.1. The Morgan fingerprint density at radius 3 is 2.82 bits per heavy atom. The molecule has 1 aromatic rings. The number of ether oxygens (including phenoxy) is 1. The van der Waals surface area contributed by atoms with E-state index in [0.29, 0.717) is 17.7 Å². The van der Waals surface area contributed by atoms with Gasteiger partial charge >= 0.3 is 0 Å². The van der Waals surface area contributed by atoms with E-state index in [-0.39, 0.29) is 5.95 Å². The number of anilines is 2. The van der Waals surface area contributed by atoms with Gasteiger partial charge in [0.1, 0.15) is 5.82 Å². The number of aromatic nitrogens is 2. The second kappa shape index (κ2) is 5.31. The molecule has 0 spiro atoms. The minimum Gasteiger partial charge on any atom is -0.481 e. The lowest BCUT2D eigenvalue weighted by Gasteiger charge is -2.23. The molecule has 94 valence electrons. The van der Waals surface area contributed by atoms with Crippen LogP contribution in [0.1, 0.15) is 12.8 Å². The van der Waals surface area contributed by atoms with Crippen molar-refractivity contribution in [1.29, 1.82) is 0 Å². The molecular weight excluding hydrogens is 240 g/mol. The number of nitrogens with zero attached hydrogens (tertiary/aromatic N) is 2. The summed E-state index contributed by atoms with van der Waals surface area (Å²) in [6, 6.07) is 2.01. The molecule has 1 aliphatic heterocycles. The van der Waals surface area contributed by atoms with E-state index in [1.165, 1.54) is 7.11 Å². The molecule has 0 atom stereocenters. The quantitative estimate of drug-likeness (QED) is 0.813. The first kappa shape index (κ1) is 12.1. The number of nitrogen functional groups attached to an aromatic ring is 1. The Bertz CT molecular complexity index is 417. The zero-order valence-electron chi connectivity index (χ0n) is 9.68. The Kier molecular flexibility index (Phi) is 3.78. The smallest absolute Gasteiger partial charge is 0.225 e. The first-order valence-corrected chi connectivity index (χ1v) is 6.96. The maximum Gasteiger partial charge on any atom is 0.225 e. The van der Waals surface area contributed by atoms with Gasteiger partial charge in [-0.1, -0.05) is 0 Å². The van der Waals surface area contributed by atoms with Crippen molar-refractivity contribution in [3.8, 4) is 5.88 Å². The highest BCUT2D eigenvalue weighted by molar-refractivity contribution is 7.85. The summed E-state index contributed by atoms with van der Waals surface area (Å²) < 4.78 is 16.3. The maximum absolute atomic E-state index is 11.2. The number of nitrogens with two attached hydrogens (primary N) is 1. The van der Waals surface area contributed by atoms with E-state index in [1.54, 1.807) is 6.07 Å². The van der Waals surface area contributed by atoms with Gasteiger partial charge < -0.3 is 15.8 Å². The fraction of sp³-hybridized carbons (Fsp3) is 0.600. The standard InChI is InChI=1S/C10H16N4O2S/c1-16-9-6-8(13-10(11)14-9)12-7-2-4-17(15)5-3-7/h6-7H,2-5H2,1H3,(H3,11,12,13,14). The average Bonchev–Trinajstić information content (AvgIpc) is 2.31. The van der Waals surface area contributed by atoms with Gasteiger partial charge in [-0.25, -0.2) is 0 Å². The molecule has 0 radical (unpaired) electrons. The van der Waals surface area contributed by atoms with Crippen LogP contribution in [0.15, 0.2) is 6.07 Å². The summed E-state index contributed by atoms with van der Waals surface area (Å²) in [7, 11) is 0.886. The number of rotatable bonds is 3. The largest absolute Gasteiger partial charge is 0.481 e. The van der Waals surface area contributed by atoms with Crippen LogP contribution >= 0.6 is 0 Å². The van der Waals surface area contributed by atoms with Gasteiger partial charge in [0.2, 0.25) is 11.8 Å². The van der Waals surface area contributed by atoms with Crippen molar-refractivity contribution in [2.75, 3.05) is 29.7 Å². The molecule has 0 aromatic carbocycles. The van der Waals surface area contributed by atoms with Crippen LogP contribution in [0.5, 0.6) is 5.88 Å². The third-order valence-corrected chi connectivity index (χ3v) is 4.05. The second-order valence-corrected chi connectivity index (χ2v) is 5.62. The van der Waals surface area contributed by atoms with Crippen molar-refractivity contribution in [3.63, 3.8) is 0 Å². The second-order valence-electron chi connectivity index (χ2n) is 3.92. The molecule has 2 rings (SSSR count). The lowest BCUT2D eigenvalue weighted by molar-refractivity contribution is 0.398. The molecule has 1 fully saturated rings. The van der Waals surface area contributed by atoms with E-state index in [4.69, 9.17) is 10.5 Å². The van der Waals surface area contributed by atoms with Gasteiger partial charge in [-0.05, 0) is 12.8 Å². The summed E-state index contributed by atoms with van der Waals surface area (Å²) in [5, 5.41) is 3.27. The first-order chi connectivity index (χ1) is 8.17. The van der Waals surface area contributed by atoms with Crippen molar-refractivity contribution in [1.82, 2.24) is 9.97 Å². The molecule has 17 heavy (non-hydrogen) atoms. The molecule has 0 aliphatic carbocycles. The fourth-order valence-electron chi connectivity index (χ4n) is 1.77. The van der Waals surface area contributed by atoms with Crippen LogP contribution in [0.25, 0.3) is 0 Å². The zero-order valence-corrected chi connectivity index (χ0v) is 10.5. The summed E-state index contributed by atoms with van der Waals surface area (Å²) >= 11 is 0. The molecule has 3 N–H and O–H groups in total. The van der Waals surface area contributed by atoms with Crippen LogP contribution in [0.2, 0.25) is 0 Å². The first-order valence-electron chi connectivity index (χ1n) is 5.47. The molecule has 7 heteroatoms. The van der Waals surface area contributed by atoms with E-state index in [2.05, 4.69) is 15.3 Å². The van der Waals surface area contributed by atoms with Gasteiger partial charge in [0.15, 0.2) is 0 Å². The van der Waals surface area contributed by atoms with Gasteiger partial charge in [-0.3, -0.25) is 4.21 Å².